The summed E-state index contributed by atoms with van der Waals surface area (Å²) in [5.41, 5.74) is -15.4. The van der Waals surface area contributed by atoms with Crippen molar-refractivity contribution >= 4 is 21.5 Å². The van der Waals surface area contributed by atoms with Gasteiger partial charge in [0.2, 0.25) is 0 Å². The third-order valence-electron chi connectivity index (χ3n) is 5.30. The highest BCUT2D eigenvalue weighted by atomic mass is 19.4. The van der Waals surface area contributed by atoms with E-state index >= 15 is 0 Å². The first-order valence-corrected chi connectivity index (χ1v) is 8.87. The Kier molecular flexibility index (Phi) is 5.61. The maximum atomic E-state index is 13.7. The molecule has 3 rings (SSSR count). The maximum absolute atomic E-state index is 13.7. The largest absolute Gasteiger partial charge is 0.430 e. The Labute approximate surface area is 181 Å². The van der Waals surface area contributed by atoms with Crippen molar-refractivity contribution in [3.63, 3.8) is 0 Å². The van der Waals surface area contributed by atoms with Gasteiger partial charge in [0.1, 0.15) is 0 Å². The third kappa shape index (κ3) is 3.37. The summed E-state index contributed by atoms with van der Waals surface area (Å²) in [7, 11) is 0. The van der Waals surface area contributed by atoms with E-state index in [2.05, 4.69) is 0 Å². The molecular weight excluding hydrogens is 500 g/mol. The highest BCUT2D eigenvalue weighted by Gasteiger charge is 2.74. The van der Waals surface area contributed by atoms with E-state index in [1.807, 2.05) is 0 Å². The van der Waals surface area contributed by atoms with Crippen LogP contribution >= 0.6 is 0 Å². The first kappa shape index (κ1) is 25.9. The number of fused-ring (bicyclic) bond motifs is 2. The quantitative estimate of drug-likeness (QED) is 0.301. The lowest BCUT2D eigenvalue weighted by molar-refractivity contribution is -0.376. The minimum atomic E-state index is -6.50. The van der Waals surface area contributed by atoms with E-state index in [1.54, 1.807) is 0 Å². The molecule has 3 aromatic carbocycles. The predicted octanol–water partition coefficient (Wildman–Crippen LogP) is 6.62. The molecule has 3 aromatic rings. The normalized spacial score (nSPS) is 14.8. The molecule has 34 heavy (non-hydrogen) atoms. The molecule has 0 unspecified atom stereocenters. The van der Waals surface area contributed by atoms with Gasteiger partial charge in [-0.25, -0.2) is 0 Å². The standard InChI is InChI=1S/C20H10F12O2/c21-17(22,23)15(33,18(24,25)26)13-9-5-1-2-6-10(9)14(12-8-4-3-7-11(12)13)16(34,19(27,28)29)20(30,31)32/h1-8,33-34H. The Morgan fingerprint density at radius 2 is 0.559 bits per heavy atom. The lowest BCUT2D eigenvalue weighted by Gasteiger charge is -2.38. The molecule has 0 bridgehead atoms. The first-order chi connectivity index (χ1) is 15.2. The van der Waals surface area contributed by atoms with E-state index < -0.39 is 68.6 Å². The van der Waals surface area contributed by atoms with Crippen molar-refractivity contribution in [1.82, 2.24) is 0 Å². The second kappa shape index (κ2) is 7.38. The van der Waals surface area contributed by atoms with Crippen molar-refractivity contribution in [2.24, 2.45) is 0 Å². The van der Waals surface area contributed by atoms with Crippen LogP contribution in [0.2, 0.25) is 0 Å². The van der Waals surface area contributed by atoms with E-state index in [4.69, 9.17) is 0 Å². The van der Waals surface area contributed by atoms with E-state index in [0.29, 0.717) is 24.3 Å². The van der Waals surface area contributed by atoms with E-state index in [9.17, 15) is 62.9 Å². The Bertz CT molecular complexity index is 1050. The Balaban J connectivity index is 2.75. The molecule has 0 heterocycles. The van der Waals surface area contributed by atoms with Crippen LogP contribution < -0.4 is 0 Å². The number of hydrogen-bond donors (Lipinski definition) is 2. The Morgan fingerprint density at radius 1 is 0.382 bits per heavy atom. The summed E-state index contributed by atoms with van der Waals surface area (Å²) in [6.45, 7) is 0. The molecule has 0 aliphatic carbocycles. The van der Waals surface area contributed by atoms with Crippen LogP contribution in [-0.2, 0) is 11.2 Å². The lowest BCUT2D eigenvalue weighted by atomic mass is 9.77. The summed E-state index contributed by atoms with van der Waals surface area (Å²) >= 11 is 0. The molecule has 14 heteroatoms. The average Bonchev–Trinajstić information content (AvgIpc) is 2.67. The fourth-order valence-corrected chi connectivity index (χ4v) is 3.80. The Morgan fingerprint density at radius 3 is 0.706 bits per heavy atom. The molecule has 0 saturated heterocycles. The second-order valence-electron chi connectivity index (χ2n) is 7.25. The zero-order chi connectivity index (χ0) is 26.1. The summed E-state index contributed by atoms with van der Waals surface area (Å²) in [6, 6.07) is 4.53. The third-order valence-corrected chi connectivity index (χ3v) is 5.30. The minimum absolute atomic E-state index is 0.385. The number of halogens is 12. The van der Waals surface area contributed by atoms with Crippen LogP contribution in [0.15, 0.2) is 48.5 Å². The summed E-state index contributed by atoms with van der Waals surface area (Å²) in [4.78, 5) is 0. The van der Waals surface area contributed by atoms with E-state index in [1.165, 1.54) is 0 Å². The molecule has 0 fully saturated rings. The molecular formula is C20H10F12O2. The summed E-state index contributed by atoms with van der Waals surface area (Å²) in [6.07, 6.45) is -26.0. The maximum Gasteiger partial charge on any atom is 0.430 e. The van der Waals surface area contributed by atoms with Crippen LogP contribution in [0.4, 0.5) is 52.7 Å². The molecule has 0 aromatic heterocycles. The van der Waals surface area contributed by atoms with Gasteiger partial charge in [-0.15, -0.1) is 0 Å². The molecule has 0 aliphatic heterocycles. The van der Waals surface area contributed by atoms with Gasteiger partial charge in [0.15, 0.2) is 0 Å². The van der Waals surface area contributed by atoms with Crippen LogP contribution in [0.5, 0.6) is 0 Å². The van der Waals surface area contributed by atoms with Crippen LogP contribution in [0.25, 0.3) is 21.5 Å². The highest BCUT2D eigenvalue weighted by molar-refractivity contribution is 6.07. The number of benzene rings is 3. The molecule has 0 spiro atoms. The van der Waals surface area contributed by atoms with E-state index in [-0.39, 0.29) is 0 Å². The molecule has 0 amide bonds. The number of rotatable bonds is 2. The topological polar surface area (TPSA) is 40.5 Å². The van der Waals surface area contributed by atoms with Gasteiger partial charge in [-0.3, -0.25) is 0 Å². The smallest absolute Gasteiger partial charge is 0.369 e. The van der Waals surface area contributed by atoms with Gasteiger partial charge in [-0.05, 0) is 21.5 Å². The van der Waals surface area contributed by atoms with Crippen LogP contribution in [0.3, 0.4) is 0 Å². The van der Waals surface area contributed by atoms with Crippen molar-refractivity contribution in [1.29, 1.82) is 0 Å². The number of aliphatic hydroxyl groups is 2. The highest BCUT2D eigenvalue weighted by Crippen LogP contribution is 2.58. The molecule has 0 radical (unpaired) electrons. The van der Waals surface area contributed by atoms with E-state index in [0.717, 1.165) is 24.3 Å². The second-order valence-corrected chi connectivity index (χ2v) is 7.25. The van der Waals surface area contributed by atoms with Crippen molar-refractivity contribution in [3.8, 4) is 0 Å². The first-order valence-electron chi connectivity index (χ1n) is 8.87. The fourth-order valence-electron chi connectivity index (χ4n) is 3.80. The number of hydrogen-bond acceptors (Lipinski definition) is 2. The molecule has 0 atom stereocenters. The van der Waals surface area contributed by atoms with Crippen molar-refractivity contribution < 1.29 is 62.9 Å². The van der Waals surface area contributed by atoms with Gasteiger partial charge in [0, 0.05) is 11.1 Å². The predicted molar refractivity (Wildman–Crippen MR) is 93.5 cm³/mol. The molecule has 0 saturated carbocycles. The van der Waals surface area contributed by atoms with Crippen LogP contribution in [-0.4, -0.2) is 34.9 Å². The van der Waals surface area contributed by atoms with Crippen LogP contribution in [0, 0.1) is 0 Å². The van der Waals surface area contributed by atoms with Gasteiger partial charge in [0.25, 0.3) is 11.2 Å². The van der Waals surface area contributed by atoms with Crippen LogP contribution in [0.1, 0.15) is 11.1 Å². The lowest BCUT2D eigenvalue weighted by Crippen LogP contribution is -2.55. The van der Waals surface area contributed by atoms with Gasteiger partial charge >= 0.3 is 24.7 Å². The number of alkyl halides is 12. The zero-order valence-electron chi connectivity index (χ0n) is 16.0. The van der Waals surface area contributed by atoms with Gasteiger partial charge in [0.05, 0.1) is 0 Å². The molecule has 2 N–H and O–H groups in total. The monoisotopic (exact) mass is 510 g/mol. The molecule has 186 valence electrons. The SMILES string of the molecule is OC(c1c2ccccc2c(C(O)(C(F)(F)F)C(F)(F)F)c2ccccc12)(C(F)(F)F)C(F)(F)F. The van der Waals surface area contributed by atoms with Crippen molar-refractivity contribution in [2.45, 2.75) is 35.9 Å². The van der Waals surface area contributed by atoms with Gasteiger partial charge in [-0.1, -0.05) is 48.5 Å². The molecule has 2 nitrogen and oxygen atoms in total. The average molecular weight is 510 g/mol. The van der Waals surface area contributed by atoms with Crippen molar-refractivity contribution in [2.75, 3.05) is 0 Å². The molecule has 0 aliphatic rings. The van der Waals surface area contributed by atoms with Gasteiger partial charge < -0.3 is 10.2 Å². The minimum Gasteiger partial charge on any atom is -0.369 e. The summed E-state index contributed by atoms with van der Waals surface area (Å²) in [5.74, 6) is 0. The zero-order valence-corrected chi connectivity index (χ0v) is 16.0. The van der Waals surface area contributed by atoms with Gasteiger partial charge in [-0.2, -0.15) is 52.7 Å². The summed E-state index contributed by atoms with van der Waals surface area (Å²) in [5, 5.41) is 14.3. The fraction of sp³-hybridized carbons (Fsp3) is 0.300. The summed E-state index contributed by atoms with van der Waals surface area (Å²) < 4.78 is 164. The van der Waals surface area contributed by atoms with Crippen molar-refractivity contribution in [3.05, 3.63) is 59.7 Å². The Hall–Kier alpha value is -2.74.